The van der Waals surface area contributed by atoms with E-state index in [-0.39, 0.29) is 0 Å². The molecule has 2 unspecified atom stereocenters. The largest absolute Gasteiger partial charge is 0.392 e. The van der Waals surface area contributed by atoms with Crippen molar-refractivity contribution in [1.29, 1.82) is 0 Å². The Balaban J connectivity index is 2.15. The van der Waals surface area contributed by atoms with E-state index in [1.165, 1.54) is 18.6 Å². The first kappa shape index (κ1) is 10.7. The Kier molecular flexibility index (Phi) is 2.40. The third-order valence-corrected chi connectivity index (χ3v) is 4.76. The minimum atomic E-state index is 0.392. The van der Waals surface area contributed by atoms with Crippen molar-refractivity contribution in [2.75, 3.05) is 6.61 Å². The predicted octanol–water partition coefficient (Wildman–Crippen LogP) is 3.39. The zero-order valence-corrected chi connectivity index (χ0v) is 10.0. The summed E-state index contributed by atoms with van der Waals surface area (Å²) in [5, 5.41) is 4.28. The number of hydrogen-bond donors (Lipinski definition) is 0. The number of rotatable bonds is 3. The van der Waals surface area contributed by atoms with Crippen LogP contribution in [0.3, 0.4) is 0 Å². The maximum absolute atomic E-state index is 5.23. The molecule has 0 radical (unpaired) electrons. The minimum Gasteiger partial charge on any atom is -0.392 e. The van der Waals surface area contributed by atoms with Crippen molar-refractivity contribution in [3.05, 3.63) is 12.7 Å². The van der Waals surface area contributed by atoms with Crippen molar-refractivity contribution < 1.29 is 4.84 Å². The van der Waals surface area contributed by atoms with Crippen molar-refractivity contribution in [3.8, 4) is 0 Å². The van der Waals surface area contributed by atoms with Crippen LogP contribution in [0.4, 0.5) is 0 Å². The van der Waals surface area contributed by atoms with Crippen molar-refractivity contribution >= 4 is 5.71 Å². The zero-order valence-electron chi connectivity index (χ0n) is 10.0. The Bertz CT molecular complexity index is 303. The van der Waals surface area contributed by atoms with E-state index < -0.39 is 0 Å². The third kappa shape index (κ3) is 1.42. The fraction of sp³-hybridized carbons (Fsp3) is 0.769. The molecular weight excluding hydrogens is 186 g/mol. The molecule has 2 heteroatoms. The molecule has 2 aliphatic carbocycles. The van der Waals surface area contributed by atoms with E-state index >= 15 is 0 Å². The van der Waals surface area contributed by atoms with Crippen LogP contribution in [0.25, 0.3) is 0 Å². The second-order valence-electron chi connectivity index (χ2n) is 5.72. The number of fused-ring (bicyclic) bond motifs is 2. The highest BCUT2D eigenvalue weighted by atomic mass is 16.6. The summed E-state index contributed by atoms with van der Waals surface area (Å²) in [5.41, 5.74) is 2.10. The Hall–Kier alpha value is -0.790. The van der Waals surface area contributed by atoms with Gasteiger partial charge in [0, 0.05) is 5.92 Å². The second-order valence-corrected chi connectivity index (χ2v) is 5.72. The Morgan fingerprint density at radius 3 is 2.73 bits per heavy atom. The molecule has 2 bridgehead atoms. The Morgan fingerprint density at radius 2 is 2.27 bits per heavy atom. The van der Waals surface area contributed by atoms with Crippen molar-refractivity contribution in [3.63, 3.8) is 0 Å². The molecule has 0 aromatic heterocycles. The van der Waals surface area contributed by atoms with Gasteiger partial charge in [0.25, 0.3) is 0 Å². The lowest BCUT2D eigenvalue weighted by Gasteiger charge is -2.33. The Morgan fingerprint density at radius 1 is 1.53 bits per heavy atom. The fourth-order valence-electron chi connectivity index (χ4n) is 3.26. The van der Waals surface area contributed by atoms with Gasteiger partial charge in [0.1, 0.15) is 6.61 Å². The van der Waals surface area contributed by atoms with Gasteiger partial charge in [-0.3, -0.25) is 0 Å². The average molecular weight is 207 g/mol. The van der Waals surface area contributed by atoms with Crippen molar-refractivity contribution in [2.45, 2.75) is 40.0 Å². The first-order valence-corrected chi connectivity index (χ1v) is 5.81. The van der Waals surface area contributed by atoms with Crippen LogP contribution in [0.1, 0.15) is 40.0 Å². The topological polar surface area (TPSA) is 21.6 Å². The summed E-state index contributed by atoms with van der Waals surface area (Å²) in [6, 6.07) is 0. The number of oxime groups is 1. The van der Waals surface area contributed by atoms with Crippen LogP contribution in [0.5, 0.6) is 0 Å². The van der Waals surface area contributed by atoms with Crippen LogP contribution in [-0.4, -0.2) is 12.3 Å². The molecule has 0 amide bonds. The summed E-state index contributed by atoms with van der Waals surface area (Å²) >= 11 is 0. The van der Waals surface area contributed by atoms with Gasteiger partial charge in [0.15, 0.2) is 0 Å². The van der Waals surface area contributed by atoms with E-state index in [1.54, 1.807) is 6.08 Å². The van der Waals surface area contributed by atoms with Crippen molar-refractivity contribution in [2.24, 2.45) is 21.9 Å². The minimum absolute atomic E-state index is 0.392. The van der Waals surface area contributed by atoms with Gasteiger partial charge in [-0.25, -0.2) is 0 Å². The van der Waals surface area contributed by atoms with E-state index in [2.05, 4.69) is 32.5 Å². The van der Waals surface area contributed by atoms with Crippen LogP contribution in [0, 0.1) is 16.7 Å². The molecule has 0 spiro atoms. The van der Waals surface area contributed by atoms with Gasteiger partial charge in [-0.05, 0) is 30.1 Å². The van der Waals surface area contributed by atoms with Crippen LogP contribution in [0.15, 0.2) is 17.8 Å². The number of hydrogen-bond acceptors (Lipinski definition) is 2. The van der Waals surface area contributed by atoms with Crippen LogP contribution in [-0.2, 0) is 4.84 Å². The molecule has 2 aliphatic rings. The lowest BCUT2D eigenvalue weighted by molar-refractivity contribution is 0.152. The maximum Gasteiger partial charge on any atom is 0.135 e. The molecule has 2 atom stereocenters. The lowest BCUT2D eigenvalue weighted by atomic mass is 9.71. The second kappa shape index (κ2) is 3.36. The third-order valence-electron chi connectivity index (χ3n) is 4.76. The van der Waals surface area contributed by atoms with Gasteiger partial charge in [-0.2, -0.15) is 0 Å². The van der Waals surface area contributed by atoms with Crippen LogP contribution in [0.2, 0.25) is 0 Å². The molecule has 0 aliphatic heterocycles. The molecule has 0 heterocycles. The van der Waals surface area contributed by atoms with Gasteiger partial charge < -0.3 is 4.84 Å². The van der Waals surface area contributed by atoms with E-state index in [1.807, 2.05) is 0 Å². The summed E-state index contributed by atoms with van der Waals surface area (Å²) < 4.78 is 0. The van der Waals surface area contributed by atoms with Gasteiger partial charge >= 0.3 is 0 Å². The molecule has 0 aromatic carbocycles. The molecule has 0 N–H and O–H groups in total. The van der Waals surface area contributed by atoms with E-state index in [9.17, 15) is 0 Å². The van der Waals surface area contributed by atoms with Gasteiger partial charge in [-0.1, -0.05) is 38.6 Å². The van der Waals surface area contributed by atoms with Gasteiger partial charge in [0.05, 0.1) is 5.71 Å². The molecule has 84 valence electrons. The average Bonchev–Trinajstić information content (AvgIpc) is 2.49. The van der Waals surface area contributed by atoms with Gasteiger partial charge in [0.2, 0.25) is 0 Å². The highest BCUT2D eigenvalue weighted by Crippen LogP contribution is 2.64. The standard InChI is InChI=1S/C13H21NO/c1-5-8-15-14-11-9-13(4)7-6-10(11)12(13,2)3/h5,10H,1,6-9H2,2-4H3/b14-11-. The van der Waals surface area contributed by atoms with Crippen LogP contribution >= 0.6 is 0 Å². The SMILES string of the molecule is C=CCO/N=C1/CC2(C)CCC1C2(C)C. The zero-order chi connectivity index (χ0) is 11.1. The molecule has 2 fully saturated rings. The normalized spacial score (nSPS) is 39.7. The first-order valence-electron chi connectivity index (χ1n) is 5.81. The van der Waals surface area contributed by atoms with E-state index in [0.29, 0.717) is 23.4 Å². The molecule has 0 aromatic rings. The molecule has 15 heavy (non-hydrogen) atoms. The summed E-state index contributed by atoms with van der Waals surface area (Å²) in [6.45, 7) is 11.3. The summed E-state index contributed by atoms with van der Waals surface area (Å²) in [4.78, 5) is 5.23. The summed E-state index contributed by atoms with van der Waals surface area (Å²) in [7, 11) is 0. The van der Waals surface area contributed by atoms with Crippen molar-refractivity contribution in [1.82, 2.24) is 0 Å². The lowest BCUT2D eigenvalue weighted by Crippen LogP contribution is -2.26. The molecular formula is C13H21NO. The van der Waals surface area contributed by atoms with Gasteiger partial charge in [-0.15, -0.1) is 0 Å². The van der Waals surface area contributed by atoms with E-state index in [0.717, 1.165) is 6.42 Å². The van der Waals surface area contributed by atoms with Crippen LogP contribution < -0.4 is 0 Å². The molecule has 2 rings (SSSR count). The monoisotopic (exact) mass is 207 g/mol. The highest BCUT2D eigenvalue weighted by molar-refractivity contribution is 5.91. The first-order chi connectivity index (χ1) is 7.01. The molecule has 2 saturated carbocycles. The maximum atomic E-state index is 5.23. The van der Waals surface area contributed by atoms with E-state index in [4.69, 9.17) is 4.84 Å². The summed E-state index contributed by atoms with van der Waals surface area (Å²) in [6.07, 6.45) is 5.47. The summed E-state index contributed by atoms with van der Waals surface area (Å²) in [5.74, 6) is 0.632. The number of nitrogens with zero attached hydrogens (tertiary/aromatic N) is 1. The molecule has 2 nitrogen and oxygen atoms in total. The molecule has 0 saturated heterocycles. The smallest absolute Gasteiger partial charge is 0.135 e. The Labute approximate surface area is 92.4 Å². The fourth-order valence-corrected chi connectivity index (χ4v) is 3.26. The highest BCUT2D eigenvalue weighted by Gasteiger charge is 2.59. The predicted molar refractivity (Wildman–Crippen MR) is 62.8 cm³/mol. The quantitative estimate of drug-likeness (QED) is 0.395.